The van der Waals surface area contributed by atoms with Crippen LogP contribution in [0.3, 0.4) is 0 Å². The van der Waals surface area contributed by atoms with Crippen molar-refractivity contribution in [2.75, 3.05) is 48.1 Å². The van der Waals surface area contributed by atoms with Crippen LogP contribution in [0.15, 0.2) is 18.2 Å². The molecule has 1 fully saturated rings. The average molecular weight is 360 g/mol. The van der Waals surface area contributed by atoms with Gasteiger partial charge in [-0.3, -0.25) is 4.84 Å². The second-order valence-electron chi connectivity index (χ2n) is 5.34. The number of nitrogens with one attached hydrogen (secondary N) is 1. The van der Waals surface area contributed by atoms with E-state index in [4.69, 9.17) is 19.0 Å². The molecule has 1 aliphatic rings. The number of benzene rings is 1. The Labute approximate surface area is 142 Å². The quantitative estimate of drug-likeness (QED) is 0.678. The molecular weight excluding hydrogens is 336 g/mol. The molecule has 2 rings (SSSR count). The number of hydroxylamine groups is 2. The summed E-state index contributed by atoms with van der Waals surface area (Å²) >= 11 is 0. The van der Waals surface area contributed by atoms with Gasteiger partial charge in [-0.15, -0.1) is 0 Å². The van der Waals surface area contributed by atoms with E-state index in [1.54, 1.807) is 19.2 Å². The Hall–Kier alpha value is -1.39. The predicted octanol–water partition coefficient (Wildman–Crippen LogP) is 0.556. The van der Waals surface area contributed by atoms with Crippen LogP contribution in [-0.2, 0) is 19.6 Å². The van der Waals surface area contributed by atoms with Crippen molar-refractivity contribution in [1.82, 2.24) is 9.79 Å². The van der Waals surface area contributed by atoms with Gasteiger partial charge in [0.15, 0.2) is 11.5 Å². The molecule has 8 nitrogen and oxygen atoms in total. The second-order valence-corrected chi connectivity index (χ2v) is 7.32. The number of ether oxygens (including phenoxy) is 3. The lowest BCUT2D eigenvalue weighted by atomic mass is 10.0. The van der Waals surface area contributed by atoms with Crippen molar-refractivity contribution in [2.24, 2.45) is 0 Å². The summed E-state index contributed by atoms with van der Waals surface area (Å²) in [6, 6.07) is 4.85. The zero-order valence-electron chi connectivity index (χ0n) is 14.3. The Balaban J connectivity index is 2.37. The molecule has 0 amide bonds. The number of hydrogen-bond acceptors (Lipinski definition) is 7. The van der Waals surface area contributed by atoms with Gasteiger partial charge in [-0.1, -0.05) is 12.1 Å². The maximum absolute atomic E-state index is 12.6. The van der Waals surface area contributed by atoms with Crippen molar-refractivity contribution in [3.05, 3.63) is 23.8 Å². The first-order valence-electron chi connectivity index (χ1n) is 7.50. The van der Waals surface area contributed by atoms with Gasteiger partial charge in [0.1, 0.15) is 5.25 Å². The SMILES string of the molecule is COCCNS(=O)(=O)C1CON(C)C1c1cccc(OC)c1OC. The van der Waals surface area contributed by atoms with Crippen molar-refractivity contribution in [3.63, 3.8) is 0 Å². The van der Waals surface area contributed by atoms with Crippen LogP contribution in [-0.4, -0.2) is 66.9 Å². The van der Waals surface area contributed by atoms with E-state index in [0.717, 1.165) is 0 Å². The summed E-state index contributed by atoms with van der Waals surface area (Å²) in [4.78, 5) is 5.48. The molecule has 0 bridgehead atoms. The molecule has 1 N–H and O–H groups in total. The molecule has 1 aliphatic heterocycles. The highest BCUT2D eigenvalue weighted by atomic mass is 32.2. The van der Waals surface area contributed by atoms with Crippen molar-refractivity contribution in [2.45, 2.75) is 11.3 Å². The lowest BCUT2D eigenvalue weighted by molar-refractivity contribution is -0.110. The van der Waals surface area contributed by atoms with Gasteiger partial charge in [0.2, 0.25) is 10.0 Å². The van der Waals surface area contributed by atoms with Crippen LogP contribution in [0.4, 0.5) is 0 Å². The monoisotopic (exact) mass is 360 g/mol. The Morgan fingerprint density at radius 2 is 2.04 bits per heavy atom. The van der Waals surface area contributed by atoms with E-state index in [1.807, 2.05) is 6.07 Å². The number of hydrogen-bond donors (Lipinski definition) is 1. The minimum Gasteiger partial charge on any atom is -0.493 e. The molecule has 1 aromatic carbocycles. The third-order valence-electron chi connectivity index (χ3n) is 3.95. The number of para-hydroxylation sites is 1. The molecule has 136 valence electrons. The van der Waals surface area contributed by atoms with Gasteiger partial charge < -0.3 is 14.2 Å². The molecule has 0 saturated carbocycles. The largest absolute Gasteiger partial charge is 0.493 e. The van der Waals surface area contributed by atoms with E-state index >= 15 is 0 Å². The lowest BCUT2D eigenvalue weighted by Crippen LogP contribution is -2.40. The van der Waals surface area contributed by atoms with Crippen LogP contribution in [0.25, 0.3) is 0 Å². The third-order valence-corrected chi connectivity index (χ3v) is 5.74. The first-order chi connectivity index (χ1) is 11.5. The molecule has 0 aliphatic carbocycles. The normalized spacial score (nSPS) is 21.8. The van der Waals surface area contributed by atoms with Crippen LogP contribution in [0.5, 0.6) is 11.5 Å². The summed E-state index contributed by atoms with van der Waals surface area (Å²) in [6.45, 7) is 0.570. The Morgan fingerprint density at radius 3 is 2.67 bits per heavy atom. The summed E-state index contributed by atoms with van der Waals surface area (Å²) in [5.74, 6) is 1.04. The smallest absolute Gasteiger partial charge is 0.218 e. The second kappa shape index (κ2) is 8.13. The molecule has 1 aromatic rings. The molecule has 1 heterocycles. The number of sulfonamides is 1. The topological polar surface area (TPSA) is 86.3 Å². The first-order valence-corrected chi connectivity index (χ1v) is 9.05. The number of methoxy groups -OCH3 is 3. The molecule has 2 atom stereocenters. The minimum absolute atomic E-state index is 0.0594. The Kier molecular flexibility index (Phi) is 6.41. The first kappa shape index (κ1) is 18.9. The zero-order valence-corrected chi connectivity index (χ0v) is 15.1. The molecule has 2 unspecified atom stereocenters. The molecule has 9 heteroatoms. The van der Waals surface area contributed by atoms with Gasteiger partial charge in [-0.25, -0.2) is 13.1 Å². The standard InChI is InChI=1S/C15H24N2O6S/c1-17-14(11-6-5-7-12(21-3)15(11)22-4)13(10-23-17)24(18,19)16-8-9-20-2/h5-7,13-14,16H,8-10H2,1-4H3. The van der Waals surface area contributed by atoms with Gasteiger partial charge in [-0.05, 0) is 6.07 Å². The van der Waals surface area contributed by atoms with Gasteiger partial charge in [0.05, 0.1) is 33.5 Å². The fourth-order valence-electron chi connectivity index (χ4n) is 2.79. The molecule has 24 heavy (non-hydrogen) atoms. The number of rotatable bonds is 8. The van der Waals surface area contributed by atoms with Crippen LogP contribution in [0.2, 0.25) is 0 Å². The van der Waals surface area contributed by atoms with E-state index in [-0.39, 0.29) is 13.2 Å². The van der Waals surface area contributed by atoms with Gasteiger partial charge in [-0.2, -0.15) is 5.06 Å². The summed E-state index contributed by atoms with van der Waals surface area (Å²) in [5.41, 5.74) is 0.693. The van der Waals surface area contributed by atoms with Crippen molar-refractivity contribution in [1.29, 1.82) is 0 Å². The van der Waals surface area contributed by atoms with E-state index < -0.39 is 21.3 Å². The fourth-order valence-corrected chi connectivity index (χ4v) is 4.27. The molecule has 0 radical (unpaired) electrons. The maximum Gasteiger partial charge on any atom is 0.218 e. The number of nitrogens with zero attached hydrogens (tertiary/aromatic N) is 1. The van der Waals surface area contributed by atoms with Crippen molar-refractivity contribution >= 4 is 10.0 Å². The van der Waals surface area contributed by atoms with Crippen LogP contribution >= 0.6 is 0 Å². The molecule has 1 saturated heterocycles. The summed E-state index contributed by atoms with van der Waals surface area (Å²) in [5, 5.41) is 0.762. The highest BCUT2D eigenvalue weighted by Crippen LogP contribution is 2.41. The van der Waals surface area contributed by atoms with E-state index in [9.17, 15) is 8.42 Å². The van der Waals surface area contributed by atoms with Crippen molar-refractivity contribution < 1.29 is 27.5 Å². The van der Waals surface area contributed by atoms with Crippen LogP contribution in [0.1, 0.15) is 11.6 Å². The van der Waals surface area contributed by atoms with Gasteiger partial charge in [0.25, 0.3) is 0 Å². The highest BCUT2D eigenvalue weighted by Gasteiger charge is 2.44. The highest BCUT2D eigenvalue weighted by molar-refractivity contribution is 7.90. The predicted molar refractivity (Wildman–Crippen MR) is 88.6 cm³/mol. The average Bonchev–Trinajstić information content (AvgIpc) is 2.96. The van der Waals surface area contributed by atoms with Gasteiger partial charge in [0, 0.05) is 26.3 Å². The Morgan fingerprint density at radius 1 is 1.29 bits per heavy atom. The third kappa shape index (κ3) is 3.81. The van der Waals surface area contributed by atoms with E-state index in [2.05, 4.69) is 4.72 Å². The summed E-state index contributed by atoms with van der Waals surface area (Å²) < 4.78 is 43.5. The summed E-state index contributed by atoms with van der Waals surface area (Å²) in [7, 11) is 2.69. The lowest BCUT2D eigenvalue weighted by Gasteiger charge is -2.25. The summed E-state index contributed by atoms with van der Waals surface area (Å²) in [6.07, 6.45) is 0. The minimum atomic E-state index is -3.60. The Bertz CT molecular complexity index is 651. The molecule has 0 spiro atoms. The zero-order chi connectivity index (χ0) is 17.7. The van der Waals surface area contributed by atoms with E-state index in [0.29, 0.717) is 23.7 Å². The van der Waals surface area contributed by atoms with E-state index in [1.165, 1.54) is 26.4 Å². The molecule has 0 aromatic heterocycles. The van der Waals surface area contributed by atoms with Crippen molar-refractivity contribution in [3.8, 4) is 11.5 Å². The van der Waals surface area contributed by atoms with Crippen LogP contribution < -0.4 is 14.2 Å². The molecular formula is C15H24N2O6S. The van der Waals surface area contributed by atoms with Crippen LogP contribution in [0, 0.1) is 0 Å². The maximum atomic E-state index is 12.6. The fraction of sp³-hybridized carbons (Fsp3) is 0.600. The van der Waals surface area contributed by atoms with Gasteiger partial charge >= 0.3 is 0 Å².